The lowest BCUT2D eigenvalue weighted by molar-refractivity contribution is -0.137. The maximum absolute atomic E-state index is 12.5. The molecule has 0 bridgehead atoms. The molecule has 3 amide bonds. The van der Waals surface area contributed by atoms with Crippen molar-refractivity contribution in [3.05, 3.63) is 35.4 Å². The van der Waals surface area contributed by atoms with Crippen molar-refractivity contribution in [2.24, 2.45) is 0 Å². The Morgan fingerprint density at radius 3 is 2.50 bits per heavy atom. The number of rotatable bonds is 3. The van der Waals surface area contributed by atoms with Crippen molar-refractivity contribution in [1.82, 2.24) is 10.2 Å². The maximum Gasteiger partial charge on any atom is 0.416 e. The molecule has 130 valence electrons. The van der Waals surface area contributed by atoms with Gasteiger partial charge in [0.05, 0.1) is 18.2 Å². The van der Waals surface area contributed by atoms with E-state index in [4.69, 9.17) is 0 Å². The van der Waals surface area contributed by atoms with Gasteiger partial charge in [0.1, 0.15) is 5.54 Å². The van der Waals surface area contributed by atoms with Crippen LogP contribution in [0.4, 0.5) is 18.0 Å². The number of amides is 3. The largest absolute Gasteiger partial charge is 0.416 e. The van der Waals surface area contributed by atoms with Crippen molar-refractivity contribution >= 4 is 23.7 Å². The number of benzene rings is 1. The van der Waals surface area contributed by atoms with Gasteiger partial charge in [0.2, 0.25) is 0 Å². The van der Waals surface area contributed by atoms with Crippen LogP contribution in [-0.2, 0) is 11.0 Å². The molecule has 1 aromatic carbocycles. The average Bonchev–Trinajstić information content (AvgIpc) is 3.08. The minimum atomic E-state index is -4.46. The molecule has 1 aromatic rings. The van der Waals surface area contributed by atoms with E-state index < -0.39 is 29.4 Å². The lowest BCUT2D eigenvalue weighted by atomic mass is 9.99. The van der Waals surface area contributed by atoms with E-state index in [1.54, 1.807) is 11.8 Å². The highest BCUT2D eigenvalue weighted by atomic mass is 32.2. The van der Waals surface area contributed by atoms with Crippen LogP contribution in [0, 0.1) is 0 Å². The van der Waals surface area contributed by atoms with Gasteiger partial charge in [0, 0.05) is 5.75 Å². The van der Waals surface area contributed by atoms with Crippen LogP contribution in [0.15, 0.2) is 24.3 Å². The summed E-state index contributed by atoms with van der Waals surface area (Å²) in [6, 6.07) is 3.44. The van der Waals surface area contributed by atoms with E-state index in [1.165, 1.54) is 0 Å². The molecule has 2 N–H and O–H groups in total. The fourth-order valence-corrected chi connectivity index (χ4v) is 4.17. The number of nitrogens with zero attached hydrogens (tertiary/aromatic N) is 1. The molecule has 2 aliphatic rings. The molecule has 0 saturated carbocycles. The Labute approximate surface area is 140 Å². The Kier molecular flexibility index (Phi) is 4.25. The van der Waals surface area contributed by atoms with Crippen molar-refractivity contribution in [1.29, 1.82) is 0 Å². The minimum absolute atomic E-state index is 0.213. The van der Waals surface area contributed by atoms with Gasteiger partial charge in [-0.25, -0.2) is 4.79 Å². The molecule has 5 nitrogen and oxygen atoms in total. The van der Waals surface area contributed by atoms with Gasteiger partial charge in [0.25, 0.3) is 5.91 Å². The number of alkyl halides is 3. The number of halogens is 3. The minimum Gasteiger partial charge on any atom is -0.387 e. The molecule has 0 radical (unpaired) electrons. The Balaban J connectivity index is 1.71. The van der Waals surface area contributed by atoms with Crippen molar-refractivity contribution in [3.63, 3.8) is 0 Å². The van der Waals surface area contributed by atoms with E-state index in [0.717, 1.165) is 34.9 Å². The number of carbonyl (C=O) groups excluding carboxylic acids is 2. The number of aliphatic hydroxyl groups excluding tert-OH is 1. The molecule has 0 aliphatic carbocycles. The van der Waals surface area contributed by atoms with Crippen LogP contribution < -0.4 is 5.32 Å². The van der Waals surface area contributed by atoms with Crippen LogP contribution in [0.25, 0.3) is 0 Å². The maximum atomic E-state index is 12.5. The molecule has 2 heterocycles. The number of nitrogens with one attached hydrogen (secondary N) is 1. The van der Waals surface area contributed by atoms with E-state index in [2.05, 4.69) is 5.32 Å². The SMILES string of the molecule is O=C1NC2(CCSC2)C(=O)N1CC(O)c1ccc(C(F)(F)F)cc1. The molecule has 24 heavy (non-hydrogen) atoms. The fraction of sp³-hybridized carbons (Fsp3) is 0.467. The molecule has 3 rings (SSSR count). The highest BCUT2D eigenvalue weighted by Crippen LogP contribution is 2.34. The monoisotopic (exact) mass is 360 g/mol. The number of imide groups is 1. The van der Waals surface area contributed by atoms with Crippen molar-refractivity contribution in [2.75, 3.05) is 18.1 Å². The zero-order chi connectivity index (χ0) is 17.5. The predicted octanol–water partition coefficient (Wildman–Crippen LogP) is 2.17. The summed E-state index contributed by atoms with van der Waals surface area (Å²) >= 11 is 1.57. The average molecular weight is 360 g/mol. The summed E-state index contributed by atoms with van der Waals surface area (Å²) in [5.41, 5.74) is -1.51. The molecule has 2 saturated heterocycles. The van der Waals surface area contributed by atoms with Crippen LogP contribution in [0.1, 0.15) is 23.7 Å². The lowest BCUT2D eigenvalue weighted by Crippen LogP contribution is -2.47. The van der Waals surface area contributed by atoms with Crippen molar-refractivity contribution < 1.29 is 27.9 Å². The molecule has 2 aliphatic heterocycles. The summed E-state index contributed by atoms with van der Waals surface area (Å²) in [7, 11) is 0. The van der Waals surface area contributed by atoms with E-state index in [-0.39, 0.29) is 18.0 Å². The van der Waals surface area contributed by atoms with Gasteiger partial charge in [-0.1, -0.05) is 12.1 Å². The zero-order valence-electron chi connectivity index (χ0n) is 12.5. The molecule has 1 spiro atoms. The Morgan fingerprint density at radius 2 is 1.96 bits per heavy atom. The van der Waals surface area contributed by atoms with Gasteiger partial charge < -0.3 is 10.4 Å². The zero-order valence-corrected chi connectivity index (χ0v) is 13.3. The smallest absolute Gasteiger partial charge is 0.387 e. The first-order valence-electron chi connectivity index (χ1n) is 7.30. The van der Waals surface area contributed by atoms with E-state index in [1.807, 2.05) is 0 Å². The summed E-state index contributed by atoms with van der Waals surface area (Å²) < 4.78 is 37.6. The normalized spacial score (nSPS) is 25.4. The van der Waals surface area contributed by atoms with E-state index in [9.17, 15) is 27.9 Å². The van der Waals surface area contributed by atoms with Gasteiger partial charge in [-0.05, 0) is 29.9 Å². The number of carbonyl (C=O) groups is 2. The molecular formula is C15H15F3N2O3S. The van der Waals surface area contributed by atoms with Crippen molar-refractivity contribution in [2.45, 2.75) is 24.2 Å². The van der Waals surface area contributed by atoms with E-state index in [0.29, 0.717) is 12.2 Å². The van der Waals surface area contributed by atoms with Crippen LogP contribution in [-0.4, -0.2) is 45.5 Å². The van der Waals surface area contributed by atoms with Gasteiger partial charge in [-0.15, -0.1) is 0 Å². The van der Waals surface area contributed by atoms with E-state index >= 15 is 0 Å². The number of thioether (sulfide) groups is 1. The topological polar surface area (TPSA) is 69.6 Å². The van der Waals surface area contributed by atoms with Crippen LogP contribution in [0.2, 0.25) is 0 Å². The summed E-state index contributed by atoms with van der Waals surface area (Å²) in [5, 5.41) is 12.9. The van der Waals surface area contributed by atoms with Crippen LogP contribution >= 0.6 is 11.8 Å². The number of β-amino-alcohol motifs (C(OH)–C–C–N with tert-alkyl or cyclic N) is 1. The second-order valence-corrected chi connectivity index (χ2v) is 6.97. The van der Waals surface area contributed by atoms with Gasteiger partial charge in [-0.3, -0.25) is 9.69 Å². The highest BCUT2D eigenvalue weighted by molar-refractivity contribution is 7.99. The highest BCUT2D eigenvalue weighted by Gasteiger charge is 2.53. The molecule has 0 aromatic heterocycles. The first-order valence-corrected chi connectivity index (χ1v) is 8.45. The second-order valence-electron chi connectivity index (χ2n) is 5.87. The standard InChI is InChI=1S/C15H15F3N2O3S/c16-15(17,18)10-3-1-9(2-4-10)11(21)7-20-12(22)14(19-13(20)23)5-6-24-8-14/h1-4,11,21H,5-8H2,(H,19,23). The predicted molar refractivity (Wildman–Crippen MR) is 81.3 cm³/mol. The quantitative estimate of drug-likeness (QED) is 0.811. The van der Waals surface area contributed by atoms with Crippen LogP contribution in [0.3, 0.4) is 0 Å². The molecule has 9 heteroatoms. The van der Waals surface area contributed by atoms with Gasteiger partial charge in [-0.2, -0.15) is 24.9 Å². The number of urea groups is 1. The Bertz CT molecular complexity index is 657. The molecule has 2 unspecified atom stereocenters. The molecule has 2 atom stereocenters. The fourth-order valence-electron chi connectivity index (χ4n) is 2.85. The Morgan fingerprint density at radius 1 is 1.29 bits per heavy atom. The first kappa shape index (κ1) is 17.1. The van der Waals surface area contributed by atoms with Gasteiger partial charge in [0.15, 0.2) is 0 Å². The van der Waals surface area contributed by atoms with Crippen LogP contribution in [0.5, 0.6) is 0 Å². The third-order valence-electron chi connectivity index (χ3n) is 4.25. The summed E-state index contributed by atoms with van der Waals surface area (Å²) in [6.07, 6.45) is -5.16. The number of hydrogen-bond acceptors (Lipinski definition) is 4. The van der Waals surface area contributed by atoms with Crippen molar-refractivity contribution in [3.8, 4) is 0 Å². The lowest BCUT2D eigenvalue weighted by Gasteiger charge is -2.21. The Hall–Kier alpha value is -1.74. The summed E-state index contributed by atoms with van der Waals surface area (Å²) in [4.78, 5) is 25.4. The van der Waals surface area contributed by atoms with Gasteiger partial charge >= 0.3 is 12.2 Å². The summed E-state index contributed by atoms with van der Waals surface area (Å²) in [6.45, 7) is -0.289. The molecule has 2 fully saturated rings. The molecular weight excluding hydrogens is 345 g/mol. The number of hydrogen-bond donors (Lipinski definition) is 2. The second kappa shape index (κ2) is 5.96. The summed E-state index contributed by atoms with van der Waals surface area (Å²) in [5.74, 6) is 0.870. The number of aliphatic hydroxyl groups is 1. The third kappa shape index (κ3) is 2.98. The first-order chi connectivity index (χ1) is 11.2. The third-order valence-corrected chi connectivity index (χ3v) is 5.44.